The Morgan fingerprint density at radius 3 is 2.38 bits per heavy atom. The quantitative estimate of drug-likeness (QED) is 0.424. The summed E-state index contributed by atoms with van der Waals surface area (Å²) in [5.41, 5.74) is 1.17. The predicted octanol–water partition coefficient (Wildman–Crippen LogP) is 4.92. The Bertz CT molecular complexity index is 794. The number of rotatable bonds is 6. The van der Waals surface area contributed by atoms with E-state index in [1.807, 2.05) is 24.3 Å². The fourth-order valence-electron chi connectivity index (χ4n) is 2.23. The number of amides is 2. The van der Waals surface area contributed by atoms with Crippen molar-refractivity contribution in [1.29, 1.82) is 0 Å². The van der Waals surface area contributed by atoms with Gasteiger partial charge in [0.15, 0.2) is 6.23 Å². The fraction of sp³-hybridized carbons (Fsp3) is 0.278. The van der Waals surface area contributed by atoms with Crippen LogP contribution in [-0.2, 0) is 0 Å². The molecule has 0 saturated heterocycles. The first-order valence-corrected chi connectivity index (χ1v) is 8.42. The zero-order valence-electron chi connectivity index (χ0n) is 14.7. The SMILES string of the molecule is CC(NC(=O)Nc1cc([N+](=O)[O-])ccc1Cl)Oc1ccc(C(C)C)cc1. The van der Waals surface area contributed by atoms with E-state index in [1.165, 1.54) is 23.8 Å². The van der Waals surface area contributed by atoms with Gasteiger partial charge in [-0.3, -0.25) is 10.1 Å². The van der Waals surface area contributed by atoms with Crippen molar-refractivity contribution in [2.24, 2.45) is 0 Å². The third-order valence-corrected chi connectivity index (χ3v) is 3.93. The molecule has 2 aromatic rings. The van der Waals surface area contributed by atoms with Crippen LogP contribution in [0.4, 0.5) is 16.2 Å². The minimum absolute atomic E-state index is 0.145. The van der Waals surface area contributed by atoms with Crippen LogP contribution >= 0.6 is 11.6 Å². The Labute approximate surface area is 156 Å². The number of hydrogen-bond acceptors (Lipinski definition) is 4. The van der Waals surface area contributed by atoms with Gasteiger partial charge in [0.05, 0.1) is 15.6 Å². The number of hydrogen-bond donors (Lipinski definition) is 2. The first-order valence-electron chi connectivity index (χ1n) is 8.04. The summed E-state index contributed by atoms with van der Waals surface area (Å²) < 4.78 is 5.64. The standard InChI is InChI=1S/C18H20ClN3O4/c1-11(2)13-4-7-15(8-5-13)26-12(3)20-18(23)21-17-10-14(22(24)25)6-9-16(17)19/h4-12H,1-3H3,(H2,20,21,23). The van der Waals surface area contributed by atoms with Gasteiger partial charge < -0.3 is 15.4 Å². The summed E-state index contributed by atoms with van der Waals surface area (Å²) in [6.45, 7) is 5.87. The molecule has 2 amide bonds. The molecule has 2 N–H and O–H groups in total. The van der Waals surface area contributed by atoms with Crippen LogP contribution in [0, 0.1) is 10.1 Å². The number of urea groups is 1. The molecule has 26 heavy (non-hydrogen) atoms. The van der Waals surface area contributed by atoms with Gasteiger partial charge in [-0.05, 0) is 36.6 Å². The number of anilines is 1. The molecular weight excluding hydrogens is 358 g/mol. The van der Waals surface area contributed by atoms with Gasteiger partial charge in [0.2, 0.25) is 0 Å². The third kappa shape index (κ3) is 5.35. The zero-order chi connectivity index (χ0) is 19.3. The predicted molar refractivity (Wildman–Crippen MR) is 101 cm³/mol. The molecule has 138 valence electrons. The van der Waals surface area contributed by atoms with E-state index in [1.54, 1.807) is 6.92 Å². The Morgan fingerprint density at radius 1 is 1.15 bits per heavy atom. The number of nitrogens with zero attached hydrogens (tertiary/aromatic N) is 1. The van der Waals surface area contributed by atoms with Crippen molar-refractivity contribution >= 4 is 29.0 Å². The molecule has 0 fully saturated rings. The van der Waals surface area contributed by atoms with Crippen LogP contribution in [0.2, 0.25) is 5.02 Å². The minimum Gasteiger partial charge on any atom is -0.471 e. The lowest BCUT2D eigenvalue weighted by Gasteiger charge is -2.17. The van der Waals surface area contributed by atoms with Crippen LogP contribution in [0.1, 0.15) is 32.3 Å². The lowest BCUT2D eigenvalue weighted by molar-refractivity contribution is -0.384. The maximum Gasteiger partial charge on any atom is 0.322 e. The van der Waals surface area contributed by atoms with Gasteiger partial charge in [-0.15, -0.1) is 0 Å². The van der Waals surface area contributed by atoms with E-state index in [0.717, 1.165) is 0 Å². The number of halogens is 1. The zero-order valence-corrected chi connectivity index (χ0v) is 15.4. The van der Waals surface area contributed by atoms with Crippen LogP contribution < -0.4 is 15.4 Å². The topological polar surface area (TPSA) is 93.5 Å². The Hall–Kier alpha value is -2.80. The molecule has 1 unspecified atom stereocenters. The Morgan fingerprint density at radius 2 is 1.81 bits per heavy atom. The molecule has 0 spiro atoms. The molecule has 0 heterocycles. The molecule has 7 nitrogen and oxygen atoms in total. The van der Waals surface area contributed by atoms with Crippen LogP contribution in [0.3, 0.4) is 0 Å². The summed E-state index contributed by atoms with van der Waals surface area (Å²) in [5, 5.41) is 16.1. The van der Waals surface area contributed by atoms with Gasteiger partial charge >= 0.3 is 6.03 Å². The number of nitro groups is 1. The second-order valence-corrected chi connectivity index (χ2v) is 6.41. The number of nitrogens with one attached hydrogen (secondary N) is 2. The molecule has 2 aromatic carbocycles. The van der Waals surface area contributed by atoms with Crippen molar-refractivity contribution in [2.45, 2.75) is 32.9 Å². The van der Waals surface area contributed by atoms with Gasteiger partial charge in [0, 0.05) is 12.1 Å². The molecule has 0 aliphatic heterocycles. The van der Waals surface area contributed by atoms with E-state index in [4.69, 9.17) is 16.3 Å². The van der Waals surface area contributed by atoms with Gasteiger partial charge in [0.1, 0.15) is 5.75 Å². The van der Waals surface area contributed by atoms with Gasteiger partial charge in [-0.25, -0.2) is 4.79 Å². The molecule has 0 bridgehead atoms. The largest absolute Gasteiger partial charge is 0.471 e. The average molecular weight is 378 g/mol. The number of benzene rings is 2. The second kappa shape index (κ2) is 8.53. The molecule has 0 aliphatic carbocycles. The molecule has 2 rings (SSSR count). The van der Waals surface area contributed by atoms with Crippen molar-refractivity contribution < 1.29 is 14.5 Å². The number of carbonyl (C=O) groups excluding carboxylic acids is 1. The van der Waals surface area contributed by atoms with Crippen LogP contribution in [0.5, 0.6) is 5.75 Å². The Kier molecular flexibility index (Phi) is 6.41. The first-order chi connectivity index (χ1) is 12.3. The normalized spacial score (nSPS) is 11.7. The van der Waals surface area contributed by atoms with Gasteiger partial charge in [0.25, 0.3) is 5.69 Å². The first kappa shape index (κ1) is 19.5. The molecule has 0 saturated carbocycles. The van der Waals surface area contributed by atoms with Crippen molar-refractivity contribution in [2.75, 3.05) is 5.32 Å². The number of non-ortho nitro benzene ring substituents is 1. The number of nitro benzene ring substituents is 1. The van der Waals surface area contributed by atoms with E-state index in [-0.39, 0.29) is 16.4 Å². The number of ether oxygens (including phenoxy) is 1. The summed E-state index contributed by atoms with van der Waals surface area (Å²) in [6, 6.07) is 10.8. The fourth-order valence-corrected chi connectivity index (χ4v) is 2.40. The van der Waals surface area contributed by atoms with E-state index < -0.39 is 17.2 Å². The van der Waals surface area contributed by atoms with Crippen molar-refractivity contribution in [3.63, 3.8) is 0 Å². The highest BCUT2D eigenvalue weighted by atomic mass is 35.5. The monoisotopic (exact) mass is 377 g/mol. The van der Waals surface area contributed by atoms with E-state index >= 15 is 0 Å². The van der Waals surface area contributed by atoms with Crippen LogP contribution in [-0.4, -0.2) is 17.2 Å². The molecule has 0 aliphatic rings. The lowest BCUT2D eigenvalue weighted by atomic mass is 10.0. The molecule has 1 atom stereocenters. The van der Waals surface area contributed by atoms with Gasteiger partial charge in [-0.2, -0.15) is 0 Å². The van der Waals surface area contributed by atoms with Crippen molar-refractivity contribution in [1.82, 2.24) is 5.32 Å². The molecule has 0 radical (unpaired) electrons. The Balaban J connectivity index is 1.95. The summed E-state index contributed by atoms with van der Waals surface area (Å²) in [6.07, 6.45) is -0.614. The second-order valence-electron chi connectivity index (χ2n) is 6.00. The summed E-state index contributed by atoms with van der Waals surface area (Å²) in [5.74, 6) is 1.04. The highest BCUT2D eigenvalue weighted by Crippen LogP contribution is 2.26. The maximum atomic E-state index is 12.1. The van der Waals surface area contributed by atoms with Crippen molar-refractivity contribution in [3.8, 4) is 5.75 Å². The molecular formula is C18H20ClN3O4. The molecule has 0 aromatic heterocycles. The summed E-state index contributed by atoms with van der Waals surface area (Å²) >= 11 is 5.96. The van der Waals surface area contributed by atoms with Crippen molar-refractivity contribution in [3.05, 3.63) is 63.2 Å². The van der Waals surface area contributed by atoms with E-state index in [2.05, 4.69) is 24.5 Å². The highest BCUT2D eigenvalue weighted by Gasteiger charge is 2.14. The maximum absolute atomic E-state index is 12.1. The van der Waals surface area contributed by atoms with Crippen LogP contribution in [0.25, 0.3) is 0 Å². The average Bonchev–Trinajstić information content (AvgIpc) is 2.56. The minimum atomic E-state index is -0.614. The summed E-state index contributed by atoms with van der Waals surface area (Å²) in [7, 11) is 0. The molecule has 8 heteroatoms. The van der Waals surface area contributed by atoms with Gasteiger partial charge in [-0.1, -0.05) is 37.6 Å². The highest BCUT2D eigenvalue weighted by molar-refractivity contribution is 6.33. The van der Waals surface area contributed by atoms with E-state index in [0.29, 0.717) is 11.7 Å². The summed E-state index contributed by atoms with van der Waals surface area (Å²) in [4.78, 5) is 22.3. The smallest absolute Gasteiger partial charge is 0.322 e. The van der Waals surface area contributed by atoms with Crippen LogP contribution in [0.15, 0.2) is 42.5 Å². The number of carbonyl (C=O) groups is 1. The third-order valence-electron chi connectivity index (χ3n) is 3.60. The lowest BCUT2D eigenvalue weighted by Crippen LogP contribution is -2.39. The van der Waals surface area contributed by atoms with E-state index in [9.17, 15) is 14.9 Å².